The van der Waals surface area contributed by atoms with Crippen LogP contribution in [0.1, 0.15) is 38.5 Å². The Hall–Kier alpha value is -1.40. The van der Waals surface area contributed by atoms with Gasteiger partial charge in [-0.1, -0.05) is 26.7 Å². The Kier molecular flexibility index (Phi) is 4.77. The molecule has 0 aliphatic carbocycles. The van der Waals surface area contributed by atoms with Crippen LogP contribution in [0.5, 0.6) is 0 Å². The Morgan fingerprint density at radius 3 is 2.60 bits per heavy atom. The summed E-state index contributed by atoms with van der Waals surface area (Å²) in [5.41, 5.74) is 2.54. The summed E-state index contributed by atoms with van der Waals surface area (Å²) >= 11 is 1.66. The van der Waals surface area contributed by atoms with Crippen molar-refractivity contribution in [3.8, 4) is 0 Å². The molecule has 2 aromatic heterocycles. The third-order valence-electron chi connectivity index (χ3n) is 3.77. The second kappa shape index (κ2) is 6.37. The number of hydrogen-bond acceptors (Lipinski definition) is 6. The van der Waals surface area contributed by atoms with E-state index in [9.17, 15) is 0 Å². The van der Waals surface area contributed by atoms with Gasteiger partial charge in [-0.3, -0.25) is 5.43 Å². The van der Waals surface area contributed by atoms with Crippen molar-refractivity contribution in [3.63, 3.8) is 0 Å². The van der Waals surface area contributed by atoms with Gasteiger partial charge in [-0.05, 0) is 25.8 Å². The van der Waals surface area contributed by atoms with E-state index in [0.29, 0.717) is 17.9 Å². The molecular weight excluding hydrogens is 270 g/mol. The van der Waals surface area contributed by atoms with Gasteiger partial charge in [-0.25, -0.2) is 10.8 Å². The van der Waals surface area contributed by atoms with E-state index >= 15 is 0 Å². The Morgan fingerprint density at radius 2 is 2.00 bits per heavy atom. The van der Waals surface area contributed by atoms with Crippen molar-refractivity contribution in [3.05, 3.63) is 10.9 Å². The number of fused-ring (bicyclic) bond motifs is 1. The molecule has 4 N–H and O–H groups in total. The quantitative estimate of drug-likeness (QED) is 0.561. The lowest BCUT2D eigenvalue weighted by Crippen LogP contribution is -2.26. The third-order valence-corrected chi connectivity index (χ3v) is 4.71. The molecule has 1 unspecified atom stereocenters. The SMILES string of the molecule is CCC(CC)C(C)Nc1nc(NN)nc2sc(C)cc12. The van der Waals surface area contributed by atoms with E-state index in [0.717, 1.165) is 28.9 Å². The number of hydrogen-bond donors (Lipinski definition) is 3. The van der Waals surface area contributed by atoms with Crippen molar-refractivity contribution in [2.45, 2.75) is 46.6 Å². The first-order chi connectivity index (χ1) is 9.58. The highest BCUT2D eigenvalue weighted by atomic mass is 32.1. The molecule has 0 fully saturated rings. The van der Waals surface area contributed by atoms with Crippen molar-refractivity contribution in [1.82, 2.24) is 9.97 Å². The molecule has 0 bridgehead atoms. The number of nitrogens with two attached hydrogens (primary N) is 1. The molecule has 6 heteroatoms. The first-order valence-electron chi connectivity index (χ1n) is 7.10. The summed E-state index contributed by atoms with van der Waals surface area (Å²) in [6.45, 7) is 8.74. The van der Waals surface area contributed by atoms with E-state index in [1.165, 1.54) is 4.88 Å². The van der Waals surface area contributed by atoms with Crippen molar-refractivity contribution in [1.29, 1.82) is 0 Å². The molecule has 0 spiro atoms. The van der Waals surface area contributed by atoms with E-state index in [2.05, 4.69) is 54.5 Å². The summed E-state index contributed by atoms with van der Waals surface area (Å²) in [6.07, 6.45) is 2.31. The van der Waals surface area contributed by atoms with Crippen LogP contribution in [-0.2, 0) is 0 Å². The average Bonchev–Trinajstić information content (AvgIpc) is 2.80. The normalized spacial score (nSPS) is 12.9. The summed E-state index contributed by atoms with van der Waals surface area (Å²) in [7, 11) is 0. The van der Waals surface area contributed by atoms with Gasteiger partial charge in [0.15, 0.2) is 0 Å². The highest BCUT2D eigenvalue weighted by molar-refractivity contribution is 7.18. The van der Waals surface area contributed by atoms with E-state index in [1.807, 2.05) is 0 Å². The third kappa shape index (κ3) is 3.02. The number of aromatic nitrogens is 2. The molecule has 1 atom stereocenters. The summed E-state index contributed by atoms with van der Waals surface area (Å²) < 4.78 is 0. The van der Waals surface area contributed by atoms with Crippen molar-refractivity contribution >= 4 is 33.3 Å². The summed E-state index contributed by atoms with van der Waals surface area (Å²) in [4.78, 5) is 11.1. The first-order valence-corrected chi connectivity index (χ1v) is 7.92. The van der Waals surface area contributed by atoms with Gasteiger partial charge in [0.2, 0.25) is 5.95 Å². The fourth-order valence-corrected chi connectivity index (χ4v) is 3.43. The number of nitrogen functional groups attached to an aromatic ring is 1. The highest BCUT2D eigenvalue weighted by Crippen LogP contribution is 2.30. The number of anilines is 2. The summed E-state index contributed by atoms with van der Waals surface area (Å²) in [5.74, 6) is 7.42. The molecule has 5 nitrogen and oxygen atoms in total. The molecule has 0 radical (unpaired) electrons. The maximum atomic E-state index is 5.46. The number of aryl methyl sites for hydroxylation is 1. The van der Waals surface area contributed by atoms with Gasteiger partial charge in [0.25, 0.3) is 0 Å². The molecule has 0 saturated carbocycles. The fraction of sp³-hybridized carbons (Fsp3) is 0.571. The predicted molar refractivity (Wildman–Crippen MR) is 87.1 cm³/mol. The minimum atomic E-state index is 0.369. The topological polar surface area (TPSA) is 75.9 Å². The van der Waals surface area contributed by atoms with E-state index < -0.39 is 0 Å². The summed E-state index contributed by atoms with van der Waals surface area (Å²) in [6, 6.07) is 2.50. The average molecular weight is 293 g/mol. The second-order valence-electron chi connectivity index (χ2n) is 5.13. The van der Waals surface area contributed by atoms with Gasteiger partial charge >= 0.3 is 0 Å². The first kappa shape index (κ1) is 15.0. The van der Waals surface area contributed by atoms with Crippen LogP contribution in [0, 0.1) is 12.8 Å². The molecule has 2 rings (SSSR count). The monoisotopic (exact) mass is 293 g/mol. The smallest absolute Gasteiger partial charge is 0.240 e. The molecule has 0 aromatic carbocycles. The van der Waals surface area contributed by atoms with Crippen LogP contribution < -0.4 is 16.6 Å². The summed E-state index contributed by atoms with van der Waals surface area (Å²) in [5, 5.41) is 4.61. The van der Waals surface area contributed by atoms with Crippen molar-refractivity contribution in [2.24, 2.45) is 11.8 Å². The maximum Gasteiger partial charge on any atom is 0.240 e. The van der Waals surface area contributed by atoms with Gasteiger partial charge in [0, 0.05) is 10.9 Å². The Labute approximate surface area is 124 Å². The molecule has 20 heavy (non-hydrogen) atoms. The van der Waals surface area contributed by atoms with Gasteiger partial charge in [-0.2, -0.15) is 4.98 Å². The van der Waals surface area contributed by atoms with Crippen LogP contribution in [0.4, 0.5) is 11.8 Å². The fourth-order valence-electron chi connectivity index (χ4n) is 2.55. The molecule has 0 saturated heterocycles. The lowest BCUT2D eigenvalue weighted by Gasteiger charge is -2.23. The molecule has 2 aromatic rings. The molecule has 2 heterocycles. The minimum Gasteiger partial charge on any atom is -0.367 e. The van der Waals surface area contributed by atoms with Gasteiger partial charge < -0.3 is 5.32 Å². The van der Waals surface area contributed by atoms with Crippen LogP contribution in [0.2, 0.25) is 0 Å². The standard InChI is InChI=1S/C14H23N5S/c1-5-10(6-2)9(4)16-12-11-7-8(3)20-13(11)18-14(17-12)19-15/h7,9-10H,5-6,15H2,1-4H3,(H2,16,17,18,19). The Bertz CT molecular complexity index is 576. The number of hydrazine groups is 1. The lowest BCUT2D eigenvalue weighted by molar-refractivity contribution is 0.437. The van der Waals surface area contributed by atoms with Crippen molar-refractivity contribution < 1.29 is 0 Å². The number of thiophene rings is 1. The van der Waals surface area contributed by atoms with Crippen LogP contribution in [0.15, 0.2) is 6.07 Å². The lowest BCUT2D eigenvalue weighted by atomic mass is 9.95. The van der Waals surface area contributed by atoms with E-state index in [4.69, 9.17) is 5.84 Å². The van der Waals surface area contributed by atoms with Crippen LogP contribution in [0.3, 0.4) is 0 Å². The Balaban J connectivity index is 2.36. The number of rotatable bonds is 6. The van der Waals surface area contributed by atoms with E-state index in [-0.39, 0.29) is 0 Å². The Morgan fingerprint density at radius 1 is 1.30 bits per heavy atom. The minimum absolute atomic E-state index is 0.369. The van der Waals surface area contributed by atoms with Crippen molar-refractivity contribution in [2.75, 3.05) is 10.7 Å². The maximum absolute atomic E-state index is 5.46. The van der Waals surface area contributed by atoms with Gasteiger partial charge in [0.1, 0.15) is 10.6 Å². The number of nitrogens with zero attached hydrogens (tertiary/aromatic N) is 2. The number of nitrogens with one attached hydrogen (secondary N) is 2. The van der Waals surface area contributed by atoms with Crippen LogP contribution in [0.25, 0.3) is 10.2 Å². The zero-order chi connectivity index (χ0) is 14.7. The zero-order valence-electron chi connectivity index (χ0n) is 12.5. The highest BCUT2D eigenvalue weighted by Gasteiger charge is 2.17. The van der Waals surface area contributed by atoms with Crippen LogP contribution >= 0.6 is 11.3 Å². The largest absolute Gasteiger partial charge is 0.367 e. The molecule has 110 valence electrons. The molecule has 0 aliphatic heterocycles. The second-order valence-corrected chi connectivity index (χ2v) is 6.36. The van der Waals surface area contributed by atoms with Crippen LogP contribution in [-0.4, -0.2) is 16.0 Å². The molecule has 0 amide bonds. The van der Waals surface area contributed by atoms with Gasteiger partial charge in [0.05, 0.1) is 5.39 Å². The molecular formula is C14H23N5S. The predicted octanol–water partition coefficient (Wildman–Crippen LogP) is 3.52. The zero-order valence-corrected chi connectivity index (χ0v) is 13.3. The molecule has 0 aliphatic rings. The van der Waals surface area contributed by atoms with Gasteiger partial charge in [-0.15, -0.1) is 11.3 Å². The van der Waals surface area contributed by atoms with E-state index in [1.54, 1.807) is 11.3 Å².